The van der Waals surface area contributed by atoms with E-state index in [-0.39, 0.29) is 11.8 Å². The Morgan fingerprint density at radius 3 is 2.65 bits per heavy atom. The zero-order chi connectivity index (χ0) is 12.6. The predicted octanol–water partition coefficient (Wildman–Crippen LogP) is 1.96. The number of hydrogen-bond donors (Lipinski definition) is 1. The minimum absolute atomic E-state index is 0.224. The van der Waals surface area contributed by atoms with Crippen LogP contribution < -0.4 is 9.47 Å². The molecule has 0 aliphatic carbocycles. The molecule has 2 rings (SSSR count). The van der Waals surface area contributed by atoms with Crippen LogP contribution in [-0.2, 0) is 6.42 Å². The number of ether oxygens (including phenoxy) is 2. The van der Waals surface area contributed by atoms with Gasteiger partial charge in [0.2, 0.25) is 5.75 Å². The summed E-state index contributed by atoms with van der Waals surface area (Å²) in [4.78, 5) is 2.26. The van der Waals surface area contributed by atoms with Gasteiger partial charge in [-0.15, -0.1) is 0 Å². The van der Waals surface area contributed by atoms with Crippen molar-refractivity contribution in [3.8, 4) is 17.2 Å². The minimum atomic E-state index is 0.224. The maximum Gasteiger partial charge on any atom is 0.203 e. The predicted molar refractivity (Wildman–Crippen MR) is 66.0 cm³/mol. The van der Waals surface area contributed by atoms with Gasteiger partial charge in [0.25, 0.3) is 0 Å². The first-order chi connectivity index (χ1) is 8.10. The number of fused-ring (bicyclic) bond motifs is 1. The number of likely N-dealkylation sites (N-methyl/N-ethyl adjacent to an activating group) is 1. The standard InChI is InChI=1S/C13H19NO3/c1-8-10-7-11(16-3)13(17-4)12(15)9(10)5-6-14(8)2/h7-8,15H,5-6H2,1-4H3/t8-/m0/s1. The van der Waals surface area contributed by atoms with Crippen molar-refractivity contribution in [2.45, 2.75) is 19.4 Å². The molecule has 1 aliphatic rings. The van der Waals surface area contributed by atoms with Gasteiger partial charge in [0.05, 0.1) is 14.2 Å². The number of aromatic hydroxyl groups is 1. The maximum atomic E-state index is 10.2. The highest BCUT2D eigenvalue weighted by Gasteiger charge is 2.27. The van der Waals surface area contributed by atoms with Crippen molar-refractivity contribution in [3.05, 3.63) is 17.2 Å². The van der Waals surface area contributed by atoms with Crippen LogP contribution in [0, 0.1) is 0 Å². The highest BCUT2D eigenvalue weighted by molar-refractivity contribution is 5.59. The van der Waals surface area contributed by atoms with Crippen molar-refractivity contribution in [3.63, 3.8) is 0 Å². The van der Waals surface area contributed by atoms with Crippen molar-refractivity contribution in [2.24, 2.45) is 0 Å². The van der Waals surface area contributed by atoms with Gasteiger partial charge in [-0.2, -0.15) is 0 Å². The summed E-state index contributed by atoms with van der Waals surface area (Å²) in [6.45, 7) is 3.07. The highest BCUT2D eigenvalue weighted by Crippen LogP contribution is 2.45. The zero-order valence-electron chi connectivity index (χ0n) is 10.8. The van der Waals surface area contributed by atoms with E-state index in [4.69, 9.17) is 9.47 Å². The van der Waals surface area contributed by atoms with Gasteiger partial charge in [0.1, 0.15) is 0 Å². The van der Waals surface area contributed by atoms with Crippen LogP contribution in [0.4, 0.5) is 0 Å². The lowest BCUT2D eigenvalue weighted by molar-refractivity contribution is 0.241. The fourth-order valence-corrected chi connectivity index (χ4v) is 2.39. The molecule has 0 radical (unpaired) electrons. The number of nitrogens with zero attached hydrogens (tertiary/aromatic N) is 1. The third kappa shape index (κ3) is 1.82. The second-order valence-electron chi connectivity index (χ2n) is 4.44. The first kappa shape index (κ1) is 12.0. The number of methoxy groups -OCH3 is 2. The lowest BCUT2D eigenvalue weighted by atomic mass is 9.92. The molecule has 1 N–H and O–H groups in total. The Morgan fingerprint density at radius 2 is 2.06 bits per heavy atom. The average Bonchev–Trinajstić information content (AvgIpc) is 2.33. The fraction of sp³-hybridized carbons (Fsp3) is 0.538. The number of benzene rings is 1. The normalized spacial score (nSPS) is 19.9. The summed E-state index contributed by atoms with van der Waals surface area (Å²) in [5.74, 6) is 1.25. The third-order valence-corrected chi connectivity index (χ3v) is 3.61. The molecule has 0 amide bonds. The van der Waals surface area contributed by atoms with Crippen LogP contribution in [0.5, 0.6) is 17.2 Å². The van der Waals surface area contributed by atoms with E-state index in [1.165, 1.54) is 0 Å². The Morgan fingerprint density at radius 1 is 1.35 bits per heavy atom. The molecule has 0 spiro atoms. The largest absolute Gasteiger partial charge is 0.504 e. The molecule has 0 unspecified atom stereocenters. The Kier molecular flexibility index (Phi) is 3.15. The molecule has 0 saturated carbocycles. The van der Waals surface area contributed by atoms with Gasteiger partial charge in [-0.05, 0) is 32.0 Å². The highest BCUT2D eigenvalue weighted by atomic mass is 16.5. The molecule has 1 atom stereocenters. The van der Waals surface area contributed by atoms with Crippen LogP contribution in [0.15, 0.2) is 6.07 Å². The van der Waals surface area contributed by atoms with E-state index in [1.54, 1.807) is 14.2 Å². The zero-order valence-corrected chi connectivity index (χ0v) is 10.8. The Bertz CT molecular complexity index is 431. The molecular formula is C13H19NO3. The average molecular weight is 237 g/mol. The van der Waals surface area contributed by atoms with Gasteiger partial charge in [0.15, 0.2) is 11.5 Å². The van der Waals surface area contributed by atoms with E-state index in [0.29, 0.717) is 11.5 Å². The summed E-state index contributed by atoms with van der Waals surface area (Å²) in [5.41, 5.74) is 2.10. The van der Waals surface area contributed by atoms with Crippen molar-refractivity contribution in [1.82, 2.24) is 4.90 Å². The number of hydrogen-bond acceptors (Lipinski definition) is 4. The Balaban J connectivity index is 2.60. The molecule has 0 aromatic heterocycles. The smallest absolute Gasteiger partial charge is 0.203 e. The van der Waals surface area contributed by atoms with E-state index in [1.807, 2.05) is 6.07 Å². The maximum absolute atomic E-state index is 10.2. The van der Waals surface area contributed by atoms with Gasteiger partial charge < -0.3 is 14.6 Å². The van der Waals surface area contributed by atoms with Gasteiger partial charge in [-0.1, -0.05) is 0 Å². The number of phenolic OH excluding ortho intramolecular Hbond substituents is 1. The summed E-state index contributed by atoms with van der Waals surface area (Å²) in [7, 11) is 5.21. The molecular weight excluding hydrogens is 218 g/mol. The van der Waals surface area contributed by atoms with Crippen LogP contribution in [0.2, 0.25) is 0 Å². The quantitative estimate of drug-likeness (QED) is 0.853. The van der Waals surface area contributed by atoms with Gasteiger partial charge >= 0.3 is 0 Å². The van der Waals surface area contributed by atoms with E-state index >= 15 is 0 Å². The first-order valence-corrected chi connectivity index (χ1v) is 5.77. The lowest BCUT2D eigenvalue weighted by Crippen LogP contribution is -2.30. The number of phenols is 1. The Hall–Kier alpha value is -1.42. The van der Waals surface area contributed by atoms with Crippen LogP contribution in [0.3, 0.4) is 0 Å². The summed E-state index contributed by atoms with van der Waals surface area (Å²) in [6.07, 6.45) is 0.836. The minimum Gasteiger partial charge on any atom is -0.504 e. The van der Waals surface area contributed by atoms with Gasteiger partial charge in [-0.25, -0.2) is 0 Å². The monoisotopic (exact) mass is 237 g/mol. The topological polar surface area (TPSA) is 41.9 Å². The molecule has 94 valence electrons. The molecule has 0 bridgehead atoms. The molecule has 4 nitrogen and oxygen atoms in total. The van der Waals surface area contributed by atoms with Crippen molar-refractivity contribution in [1.29, 1.82) is 0 Å². The van der Waals surface area contributed by atoms with Crippen LogP contribution in [0.1, 0.15) is 24.1 Å². The summed E-state index contributed by atoms with van der Waals surface area (Å²) in [5, 5.41) is 10.2. The van der Waals surface area contributed by atoms with Gasteiger partial charge in [-0.3, -0.25) is 4.90 Å². The molecule has 1 aliphatic heterocycles. The SMILES string of the molecule is COc1cc2c(c(O)c1OC)CCN(C)[C@H]2C. The summed E-state index contributed by atoms with van der Waals surface area (Å²) in [6, 6.07) is 2.25. The summed E-state index contributed by atoms with van der Waals surface area (Å²) >= 11 is 0. The molecule has 17 heavy (non-hydrogen) atoms. The van der Waals surface area contributed by atoms with Crippen LogP contribution in [0.25, 0.3) is 0 Å². The molecule has 0 fully saturated rings. The van der Waals surface area contributed by atoms with Crippen LogP contribution in [-0.4, -0.2) is 37.8 Å². The number of rotatable bonds is 2. The Labute approximate surface area is 102 Å². The van der Waals surface area contributed by atoms with Gasteiger partial charge in [0, 0.05) is 18.2 Å². The third-order valence-electron chi connectivity index (χ3n) is 3.61. The molecule has 1 heterocycles. The summed E-state index contributed by atoms with van der Waals surface area (Å²) < 4.78 is 10.5. The molecule has 1 aromatic carbocycles. The second-order valence-corrected chi connectivity index (χ2v) is 4.44. The molecule has 4 heteroatoms. The lowest BCUT2D eigenvalue weighted by Gasteiger charge is -2.33. The fourth-order valence-electron chi connectivity index (χ4n) is 2.39. The van der Waals surface area contributed by atoms with E-state index in [0.717, 1.165) is 24.1 Å². The van der Waals surface area contributed by atoms with E-state index < -0.39 is 0 Å². The molecule has 1 aromatic rings. The van der Waals surface area contributed by atoms with Crippen molar-refractivity contribution in [2.75, 3.05) is 27.8 Å². The van der Waals surface area contributed by atoms with Crippen molar-refractivity contribution < 1.29 is 14.6 Å². The van der Waals surface area contributed by atoms with Crippen molar-refractivity contribution >= 4 is 0 Å². The first-order valence-electron chi connectivity index (χ1n) is 5.77. The van der Waals surface area contributed by atoms with E-state index in [2.05, 4.69) is 18.9 Å². The second kappa shape index (κ2) is 4.45. The van der Waals surface area contributed by atoms with E-state index in [9.17, 15) is 5.11 Å². The van der Waals surface area contributed by atoms with Crippen LogP contribution >= 0.6 is 0 Å². The molecule has 0 saturated heterocycles.